The van der Waals surface area contributed by atoms with E-state index in [1.165, 1.54) is 19.3 Å². The fraction of sp³-hybridized carbons (Fsp3) is 0.467. The van der Waals surface area contributed by atoms with Gasteiger partial charge in [-0.15, -0.1) is 0 Å². The average Bonchev–Trinajstić information content (AvgIpc) is 2.71. The highest BCUT2D eigenvalue weighted by Gasteiger charge is 2.68. The summed E-state index contributed by atoms with van der Waals surface area (Å²) in [6, 6.07) is 1.01. The van der Waals surface area contributed by atoms with Gasteiger partial charge in [-0.2, -0.15) is 9.97 Å². The van der Waals surface area contributed by atoms with E-state index in [0.29, 0.717) is 0 Å². The Morgan fingerprint density at radius 1 is 1.42 bits per heavy atom. The molecule has 1 amide bonds. The van der Waals surface area contributed by atoms with E-state index < -0.39 is 46.5 Å². The molecule has 0 bridgehead atoms. The number of aliphatic carboxylic acids is 1. The first-order valence-electron chi connectivity index (χ1n) is 7.37. The maximum Gasteiger partial charge on any atom is 0.357 e. The van der Waals surface area contributed by atoms with Crippen molar-refractivity contribution in [3.63, 3.8) is 0 Å². The van der Waals surface area contributed by atoms with Crippen LogP contribution in [0.2, 0.25) is 0 Å². The molecule has 4 unspecified atom stereocenters. The molecule has 0 saturated carbocycles. The highest BCUT2D eigenvalue weighted by atomic mass is 32.2. The minimum atomic E-state index is -1.92. The minimum absolute atomic E-state index is 0.0112. The summed E-state index contributed by atoms with van der Waals surface area (Å²) in [5, 5.41) is 19.5. The Kier molecular flexibility index (Phi) is 3.89. The smallest absolute Gasteiger partial charge is 0.357 e. The first-order valence-corrected chi connectivity index (χ1v) is 8.52. The number of hydrogen-bond donors (Lipinski definition) is 2. The van der Waals surface area contributed by atoms with Crippen molar-refractivity contribution >= 4 is 23.1 Å². The second kappa shape index (κ2) is 5.54. The van der Waals surface area contributed by atoms with Gasteiger partial charge in [0.15, 0.2) is 10.6 Å². The summed E-state index contributed by atoms with van der Waals surface area (Å²) >= 11 is -1.92. The van der Waals surface area contributed by atoms with Gasteiger partial charge in [0.2, 0.25) is 5.91 Å². The van der Waals surface area contributed by atoms with Crippen LogP contribution in [-0.4, -0.2) is 53.7 Å². The van der Waals surface area contributed by atoms with E-state index in [4.69, 9.17) is 0 Å². The number of amides is 1. The van der Waals surface area contributed by atoms with E-state index in [2.05, 4.69) is 9.97 Å². The lowest BCUT2D eigenvalue weighted by Gasteiger charge is -2.48. The molecule has 0 spiro atoms. The van der Waals surface area contributed by atoms with Crippen molar-refractivity contribution in [3.8, 4) is 0 Å². The van der Waals surface area contributed by atoms with Gasteiger partial charge in [0.05, 0.1) is 34.7 Å². The lowest BCUT2D eigenvalue weighted by atomic mass is 9.71. The second-order valence-corrected chi connectivity index (χ2v) is 7.73. The van der Waals surface area contributed by atoms with Crippen LogP contribution in [-0.2, 0) is 20.8 Å². The van der Waals surface area contributed by atoms with E-state index in [0.717, 1.165) is 4.90 Å². The first kappa shape index (κ1) is 16.9. The zero-order chi connectivity index (χ0) is 17.8. The normalized spacial score (nSPS) is 27.5. The largest absolute Gasteiger partial charge is 0.604 e. The number of aliphatic hydroxyl groups excluding tert-OH is 1. The molecule has 2 aliphatic heterocycles. The summed E-state index contributed by atoms with van der Waals surface area (Å²) in [7, 11) is 0. The van der Waals surface area contributed by atoms with Gasteiger partial charge in [-0.05, 0) is 26.8 Å². The average molecular weight is 351 g/mol. The van der Waals surface area contributed by atoms with Crippen LogP contribution in [0.3, 0.4) is 0 Å². The number of aromatic nitrogens is 2. The van der Waals surface area contributed by atoms with Crippen molar-refractivity contribution in [2.75, 3.05) is 0 Å². The van der Waals surface area contributed by atoms with Crippen molar-refractivity contribution in [3.05, 3.63) is 29.1 Å². The second-order valence-electron chi connectivity index (χ2n) is 6.42. The van der Waals surface area contributed by atoms with Crippen molar-refractivity contribution in [1.29, 1.82) is 0 Å². The van der Waals surface area contributed by atoms with Gasteiger partial charge in [0.25, 0.3) is 0 Å². The Balaban J connectivity index is 2.13. The summed E-state index contributed by atoms with van der Waals surface area (Å²) in [6.45, 7) is 4.93. The summed E-state index contributed by atoms with van der Waals surface area (Å²) < 4.78 is 12.9. The van der Waals surface area contributed by atoms with Gasteiger partial charge < -0.3 is 14.8 Å². The van der Waals surface area contributed by atoms with Gasteiger partial charge in [-0.3, -0.25) is 9.69 Å². The summed E-state index contributed by atoms with van der Waals surface area (Å²) in [5.41, 5.74) is -1.19. The Morgan fingerprint density at radius 2 is 2.00 bits per heavy atom. The van der Waals surface area contributed by atoms with E-state index in [1.54, 1.807) is 19.9 Å². The van der Waals surface area contributed by atoms with Crippen LogP contribution in [0, 0.1) is 11.3 Å². The molecule has 24 heavy (non-hydrogen) atoms. The maximum absolute atomic E-state index is 12.9. The predicted octanol–water partition coefficient (Wildman–Crippen LogP) is 0.128. The van der Waals surface area contributed by atoms with Crippen molar-refractivity contribution in [2.24, 2.45) is 11.3 Å². The van der Waals surface area contributed by atoms with Crippen molar-refractivity contribution in [2.45, 2.75) is 38.1 Å². The highest BCUT2D eigenvalue weighted by molar-refractivity contribution is 7.95. The fourth-order valence-corrected chi connectivity index (χ4v) is 5.01. The van der Waals surface area contributed by atoms with Crippen LogP contribution in [0.15, 0.2) is 34.2 Å². The van der Waals surface area contributed by atoms with Crippen LogP contribution in [0.25, 0.3) is 0 Å². The Hall–Kier alpha value is -1.97. The standard InChI is InChI=1S/C15H17N3O5S/c1-7(19)8-10-15(2,3)11(9(13(21)22)18(10)12(8)20)24(23)14-16-5-4-6-17-14/h4-8,10,19H,1-3H3,(H,21,22). The Labute approximate surface area is 141 Å². The molecule has 0 radical (unpaired) electrons. The number of nitrogens with zero attached hydrogens (tertiary/aromatic N) is 3. The highest BCUT2D eigenvalue weighted by Crippen LogP contribution is 2.56. The van der Waals surface area contributed by atoms with Crippen molar-refractivity contribution < 1.29 is 24.4 Å². The first-order chi connectivity index (χ1) is 11.2. The molecular formula is C15H17N3O5S. The predicted molar refractivity (Wildman–Crippen MR) is 82.7 cm³/mol. The molecule has 8 nitrogen and oxygen atoms in total. The van der Waals surface area contributed by atoms with E-state index >= 15 is 0 Å². The lowest BCUT2D eigenvalue weighted by molar-refractivity contribution is -0.166. The number of aliphatic hydroxyl groups is 1. The van der Waals surface area contributed by atoms with Gasteiger partial charge in [0, 0.05) is 12.4 Å². The van der Waals surface area contributed by atoms with Gasteiger partial charge >= 0.3 is 11.1 Å². The molecule has 1 aromatic heterocycles. The number of carboxylic acid groups (broad SMARTS) is 1. The number of β-lactam (4-membered cyclic amide) rings is 1. The summed E-state index contributed by atoms with van der Waals surface area (Å²) in [4.78, 5) is 33.2. The third kappa shape index (κ3) is 2.15. The number of hydrogen-bond acceptors (Lipinski definition) is 6. The van der Waals surface area contributed by atoms with Crippen LogP contribution < -0.4 is 0 Å². The van der Waals surface area contributed by atoms with Gasteiger partial charge in [-0.1, -0.05) is 0 Å². The monoisotopic (exact) mass is 351 g/mol. The molecule has 3 heterocycles. The minimum Gasteiger partial charge on any atom is -0.604 e. The molecule has 2 N–H and O–H groups in total. The number of carbonyl (C=O) groups is 2. The Morgan fingerprint density at radius 3 is 2.50 bits per heavy atom. The molecule has 4 atom stereocenters. The third-order valence-corrected chi connectivity index (χ3v) is 6.17. The molecule has 1 saturated heterocycles. The fourth-order valence-electron chi connectivity index (χ4n) is 3.55. The van der Waals surface area contributed by atoms with E-state index in [-0.39, 0.29) is 15.8 Å². The summed E-state index contributed by atoms with van der Waals surface area (Å²) in [5.74, 6) is -2.52. The molecule has 1 fully saturated rings. The van der Waals surface area contributed by atoms with Crippen LogP contribution in [0.5, 0.6) is 0 Å². The van der Waals surface area contributed by atoms with E-state index in [9.17, 15) is 24.4 Å². The van der Waals surface area contributed by atoms with Crippen LogP contribution >= 0.6 is 0 Å². The van der Waals surface area contributed by atoms with Crippen LogP contribution in [0.1, 0.15) is 20.8 Å². The van der Waals surface area contributed by atoms with Gasteiger partial charge in [0.1, 0.15) is 0 Å². The van der Waals surface area contributed by atoms with Crippen molar-refractivity contribution in [1.82, 2.24) is 14.9 Å². The topological polar surface area (TPSA) is 127 Å². The van der Waals surface area contributed by atoms with E-state index in [1.807, 2.05) is 0 Å². The maximum atomic E-state index is 12.9. The SMILES string of the molecule is CC(O)C1C(=O)N2C(C(=O)O)=C([S+]([O-])c3ncccn3)C(C)(C)C12. The van der Waals surface area contributed by atoms with Crippen LogP contribution in [0.4, 0.5) is 0 Å². The molecule has 0 aromatic carbocycles. The molecular weight excluding hydrogens is 334 g/mol. The number of carbonyl (C=O) groups excluding carboxylic acids is 1. The quantitative estimate of drug-likeness (QED) is 0.448. The number of rotatable bonds is 4. The molecule has 3 rings (SSSR count). The molecule has 0 aliphatic carbocycles. The number of carboxylic acids is 1. The molecule has 9 heteroatoms. The lowest BCUT2D eigenvalue weighted by Crippen LogP contribution is -2.65. The Bertz CT molecular complexity index is 734. The van der Waals surface area contributed by atoms with Gasteiger partial charge in [-0.25, -0.2) is 4.79 Å². The molecule has 128 valence electrons. The summed E-state index contributed by atoms with van der Waals surface area (Å²) in [6.07, 6.45) is 1.91. The molecule has 2 aliphatic rings. The molecule has 1 aromatic rings. The zero-order valence-electron chi connectivity index (χ0n) is 13.3. The third-order valence-electron chi connectivity index (χ3n) is 4.54. The zero-order valence-corrected chi connectivity index (χ0v) is 14.1. The number of fused-ring (bicyclic) bond motifs is 1.